The number of benzene rings is 1. The van der Waals surface area contributed by atoms with Gasteiger partial charge in [0.2, 0.25) is 5.91 Å². The summed E-state index contributed by atoms with van der Waals surface area (Å²) in [5, 5.41) is 16.5. The number of nitrogens with two attached hydrogens (primary N) is 1. The number of halogens is 6. The Kier molecular flexibility index (Phi) is 5.64. The van der Waals surface area contributed by atoms with Gasteiger partial charge >= 0.3 is 12.1 Å². The average Bonchev–Trinajstić information content (AvgIpc) is 3.46. The molecule has 0 bridgehead atoms. The monoisotopic (exact) mass is 558 g/mol. The van der Waals surface area contributed by atoms with Crippen molar-refractivity contribution in [3.63, 3.8) is 0 Å². The quantitative estimate of drug-likeness (QED) is 0.339. The molecule has 5 rings (SSSR count). The van der Waals surface area contributed by atoms with E-state index in [4.69, 9.17) is 17.3 Å². The largest absolute Gasteiger partial charge is 0.453 e. The fraction of sp³-hybridized carbons (Fsp3) is 0.333. The van der Waals surface area contributed by atoms with Gasteiger partial charge in [0.1, 0.15) is 32.8 Å². The Morgan fingerprint density at radius 3 is 2.57 bits per heavy atom. The number of anilines is 2. The fourth-order valence-electron chi connectivity index (χ4n) is 4.09. The fourth-order valence-corrected chi connectivity index (χ4v) is 5.10. The molecule has 37 heavy (non-hydrogen) atoms. The maximum Gasteiger partial charge on any atom is 0.453 e. The molecule has 4 heterocycles. The van der Waals surface area contributed by atoms with Gasteiger partial charge in [-0.2, -0.15) is 27.1 Å². The van der Waals surface area contributed by atoms with Crippen molar-refractivity contribution in [2.24, 2.45) is 0 Å². The molecule has 16 heteroatoms. The number of amides is 1. The number of fused-ring (bicyclic) bond motifs is 2. The van der Waals surface area contributed by atoms with Crippen LogP contribution in [0.3, 0.4) is 0 Å². The predicted octanol–water partition coefficient (Wildman–Crippen LogP) is 4.73. The number of carbonyl (C=O) groups excluding carboxylic acids is 1. The highest BCUT2D eigenvalue weighted by molar-refractivity contribution is 7.11. The lowest BCUT2D eigenvalue weighted by Gasteiger charge is -2.19. The number of nitrogen functional groups attached to an aromatic ring is 1. The molecule has 0 aliphatic carbocycles. The molecule has 3 N–H and O–H groups in total. The summed E-state index contributed by atoms with van der Waals surface area (Å²) >= 11 is 7.25. The van der Waals surface area contributed by atoms with Crippen LogP contribution in [0, 0.1) is 6.92 Å². The Morgan fingerprint density at radius 2 is 1.92 bits per heavy atom. The summed E-state index contributed by atoms with van der Waals surface area (Å²) in [6.07, 6.45) is -7.24. The number of carbonyl (C=O) groups is 1. The highest BCUT2D eigenvalue weighted by atomic mass is 35.5. The molecule has 0 radical (unpaired) electrons. The third-order valence-electron chi connectivity index (χ3n) is 6.05. The molecule has 1 aliphatic rings. The highest BCUT2D eigenvalue weighted by Crippen LogP contribution is 2.46. The summed E-state index contributed by atoms with van der Waals surface area (Å²) < 4.78 is 66.3. The van der Waals surface area contributed by atoms with Crippen molar-refractivity contribution < 1.29 is 26.7 Å². The first-order valence-corrected chi connectivity index (χ1v) is 11.8. The summed E-state index contributed by atoms with van der Waals surface area (Å²) in [5.74, 6) is -5.40. The molecular formula is C21H16ClF5N8OS. The summed E-state index contributed by atoms with van der Waals surface area (Å²) in [6.45, 7) is 2.58. The Morgan fingerprint density at radius 1 is 1.19 bits per heavy atom. The number of aromatic nitrogens is 6. The van der Waals surface area contributed by atoms with Crippen LogP contribution in [0.25, 0.3) is 22.4 Å². The van der Waals surface area contributed by atoms with E-state index < -0.39 is 36.4 Å². The smallest absolute Gasteiger partial charge is 0.383 e. The van der Waals surface area contributed by atoms with Crippen LogP contribution in [0.2, 0.25) is 5.02 Å². The van der Waals surface area contributed by atoms with Gasteiger partial charge in [-0.15, -0.1) is 21.5 Å². The number of nitrogens with zero attached hydrogens (tertiary/aromatic N) is 6. The van der Waals surface area contributed by atoms with Crippen molar-refractivity contribution in [1.29, 1.82) is 0 Å². The maximum atomic E-state index is 13.6. The van der Waals surface area contributed by atoms with E-state index in [1.165, 1.54) is 29.5 Å². The van der Waals surface area contributed by atoms with Crippen molar-refractivity contribution in [2.45, 2.75) is 44.3 Å². The molecule has 1 aromatic carbocycles. The van der Waals surface area contributed by atoms with Crippen LogP contribution in [0.1, 0.15) is 28.9 Å². The molecular weight excluding hydrogens is 543 g/mol. The van der Waals surface area contributed by atoms with E-state index in [1.54, 1.807) is 13.8 Å². The van der Waals surface area contributed by atoms with Crippen LogP contribution in [0.15, 0.2) is 18.2 Å². The first-order chi connectivity index (χ1) is 17.2. The van der Waals surface area contributed by atoms with Crippen LogP contribution in [-0.2, 0) is 16.8 Å². The van der Waals surface area contributed by atoms with Crippen molar-refractivity contribution in [3.8, 4) is 11.5 Å². The zero-order chi connectivity index (χ0) is 26.9. The van der Waals surface area contributed by atoms with Crippen LogP contribution in [0.4, 0.5) is 33.6 Å². The molecule has 1 aliphatic heterocycles. The van der Waals surface area contributed by atoms with E-state index in [9.17, 15) is 26.7 Å². The Hall–Kier alpha value is -3.46. The van der Waals surface area contributed by atoms with E-state index in [-0.39, 0.29) is 39.3 Å². The first-order valence-electron chi connectivity index (χ1n) is 10.6. The average molecular weight is 559 g/mol. The molecule has 3 aromatic heterocycles. The second-order valence-electron chi connectivity index (χ2n) is 8.55. The third-order valence-corrected chi connectivity index (χ3v) is 7.35. The topological polar surface area (TPSA) is 124 Å². The Bertz CT molecular complexity index is 1570. The molecule has 4 aromatic rings. The zero-order valence-electron chi connectivity index (χ0n) is 19.0. The standard InChI is InChI=1S/C21H16ClF5N8OS/c1-8-32-33-18(37-8)19(2)12-14(28)29-16(30-15(12)31-17(19)36)13-10-4-3-9(22)7-11(10)35(34-13)6-5-20(23,24)21(25,26)27/h3-4,7H,5-6H2,1-2H3,(H3,28,29,30,31,36). The minimum absolute atomic E-state index is 0.0611. The molecule has 1 unspecified atom stereocenters. The van der Waals surface area contributed by atoms with Crippen LogP contribution in [0.5, 0.6) is 0 Å². The van der Waals surface area contributed by atoms with Crippen molar-refractivity contribution >= 4 is 51.4 Å². The Labute approximate surface area is 213 Å². The van der Waals surface area contributed by atoms with E-state index in [0.29, 0.717) is 15.4 Å². The van der Waals surface area contributed by atoms with E-state index in [1.807, 2.05) is 0 Å². The van der Waals surface area contributed by atoms with Crippen LogP contribution >= 0.6 is 22.9 Å². The molecule has 0 fully saturated rings. The summed E-state index contributed by atoms with van der Waals surface area (Å²) in [4.78, 5) is 21.7. The molecule has 0 saturated heterocycles. The zero-order valence-corrected chi connectivity index (χ0v) is 20.6. The van der Waals surface area contributed by atoms with Crippen LogP contribution < -0.4 is 11.1 Å². The molecule has 0 spiro atoms. The number of alkyl halides is 5. The normalized spacial score (nSPS) is 17.9. The number of hydrogen-bond donors (Lipinski definition) is 2. The SMILES string of the molecule is Cc1nnc(C2(C)C(=O)Nc3nc(-c4nn(CCC(F)(F)C(F)(F)F)c5cc(Cl)ccc45)nc(N)c32)s1. The summed E-state index contributed by atoms with van der Waals surface area (Å²) in [7, 11) is 0. The lowest BCUT2D eigenvalue weighted by Crippen LogP contribution is -2.37. The Balaban J connectivity index is 1.60. The number of aryl methyl sites for hydroxylation is 2. The van der Waals surface area contributed by atoms with E-state index in [2.05, 4.69) is 30.6 Å². The lowest BCUT2D eigenvalue weighted by atomic mass is 9.85. The van der Waals surface area contributed by atoms with Crippen molar-refractivity contribution in [3.05, 3.63) is 38.8 Å². The predicted molar refractivity (Wildman–Crippen MR) is 126 cm³/mol. The van der Waals surface area contributed by atoms with Crippen molar-refractivity contribution in [1.82, 2.24) is 29.9 Å². The lowest BCUT2D eigenvalue weighted by molar-refractivity contribution is -0.285. The van der Waals surface area contributed by atoms with Gasteiger partial charge in [-0.25, -0.2) is 9.97 Å². The second-order valence-corrected chi connectivity index (χ2v) is 10.2. The molecule has 1 atom stereocenters. The van der Waals surface area contributed by atoms with E-state index >= 15 is 0 Å². The molecule has 194 valence electrons. The summed E-state index contributed by atoms with van der Waals surface area (Å²) in [6, 6.07) is 4.39. The minimum Gasteiger partial charge on any atom is -0.383 e. The van der Waals surface area contributed by atoms with Gasteiger partial charge in [-0.05, 0) is 32.0 Å². The number of nitrogens with one attached hydrogen (secondary N) is 1. The highest BCUT2D eigenvalue weighted by Gasteiger charge is 2.57. The van der Waals surface area contributed by atoms with Gasteiger partial charge in [-0.1, -0.05) is 11.6 Å². The second kappa shape index (κ2) is 8.28. The van der Waals surface area contributed by atoms with Gasteiger partial charge in [0, 0.05) is 23.4 Å². The molecule has 0 saturated carbocycles. The maximum absolute atomic E-state index is 13.6. The van der Waals surface area contributed by atoms with E-state index in [0.717, 1.165) is 4.68 Å². The summed E-state index contributed by atoms with van der Waals surface area (Å²) in [5.41, 5.74) is 5.50. The third kappa shape index (κ3) is 3.96. The number of hydrogen-bond acceptors (Lipinski definition) is 8. The van der Waals surface area contributed by atoms with Gasteiger partial charge < -0.3 is 11.1 Å². The van der Waals surface area contributed by atoms with Crippen LogP contribution in [-0.4, -0.2) is 48.0 Å². The molecule has 1 amide bonds. The van der Waals surface area contributed by atoms with Gasteiger partial charge in [0.25, 0.3) is 0 Å². The molecule has 9 nitrogen and oxygen atoms in total. The van der Waals surface area contributed by atoms with Gasteiger partial charge in [0.05, 0.1) is 11.1 Å². The van der Waals surface area contributed by atoms with Gasteiger partial charge in [0.15, 0.2) is 5.82 Å². The van der Waals surface area contributed by atoms with Gasteiger partial charge in [-0.3, -0.25) is 9.48 Å². The van der Waals surface area contributed by atoms with Crippen molar-refractivity contribution in [2.75, 3.05) is 11.1 Å². The minimum atomic E-state index is -5.70. The number of rotatable bonds is 5. The first kappa shape index (κ1) is 25.2.